The van der Waals surface area contributed by atoms with Crippen molar-refractivity contribution in [3.05, 3.63) is 36.7 Å². The molecule has 0 amide bonds. The summed E-state index contributed by atoms with van der Waals surface area (Å²) in [6.45, 7) is 0. The van der Waals surface area contributed by atoms with Crippen LogP contribution in [0.2, 0.25) is 0 Å². The fourth-order valence-electron chi connectivity index (χ4n) is 1.54. The first-order valence-electron chi connectivity index (χ1n) is 4.80. The van der Waals surface area contributed by atoms with Gasteiger partial charge in [-0.05, 0) is 0 Å². The highest BCUT2D eigenvalue weighted by Gasteiger charge is 2.09. The summed E-state index contributed by atoms with van der Waals surface area (Å²) >= 11 is 0. The normalized spacial score (nSPS) is 10.8. The Morgan fingerprint density at radius 2 is 1.88 bits per heavy atom. The van der Waals surface area contributed by atoms with Crippen LogP contribution < -0.4 is 0 Å². The van der Waals surface area contributed by atoms with E-state index in [1.165, 1.54) is 6.33 Å². The molecule has 3 rings (SSSR count). The second-order valence-corrected chi connectivity index (χ2v) is 3.34. The highest BCUT2D eigenvalue weighted by atomic mass is 16.3. The molecule has 0 fully saturated rings. The Labute approximate surface area is 90.8 Å². The molecule has 3 aromatic rings. The largest absolute Gasteiger partial charge is 0.492 e. The van der Waals surface area contributed by atoms with E-state index in [4.69, 9.17) is 0 Å². The third-order valence-electron chi connectivity index (χ3n) is 2.29. The van der Waals surface area contributed by atoms with Crippen LogP contribution in [0.3, 0.4) is 0 Å². The second kappa shape index (κ2) is 3.30. The minimum atomic E-state index is -0.106. The van der Waals surface area contributed by atoms with Gasteiger partial charge in [-0.25, -0.2) is 9.97 Å². The molecule has 0 aliphatic rings. The van der Waals surface area contributed by atoms with Crippen LogP contribution in [-0.4, -0.2) is 25.0 Å². The first kappa shape index (κ1) is 8.84. The quantitative estimate of drug-likeness (QED) is 0.644. The minimum Gasteiger partial charge on any atom is -0.492 e. The van der Waals surface area contributed by atoms with E-state index in [-0.39, 0.29) is 5.88 Å². The lowest BCUT2D eigenvalue weighted by atomic mass is 10.2. The Balaban J connectivity index is 2.25. The van der Waals surface area contributed by atoms with Crippen molar-refractivity contribution in [3.63, 3.8) is 0 Å². The summed E-state index contributed by atoms with van der Waals surface area (Å²) in [5.74, 6) is 0.375. The fourth-order valence-corrected chi connectivity index (χ4v) is 1.54. The zero-order chi connectivity index (χ0) is 11.0. The first-order chi connectivity index (χ1) is 7.84. The molecule has 0 saturated heterocycles. The van der Waals surface area contributed by atoms with Gasteiger partial charge in [0.1, 0.15) is 0 Å². The highest BCUT2D eigenvalue weighted by Crippen LogP contribution is 2.22. The zero-order valence-corrected chi connectivity index (χ0v) is 8.25. The number of H-pyrrole nitrogens is 1. The van der Waals surface area contributed by atoms with Gasteiger partial charge in [0.15, 0.2) is 17.0 Å². The number of rotatable bonds is 1. The molecule has 5 heteroatoms. The number of nitrogens with zero attached hydrogens (tertiary/aromatic N) is 3. The lowest BCUT2D eigenvalue weighted by Gasteiger charge is -2.00. The maximum absolute atomic E-state index is 9.67. The molecule has 2 heterocycles. The Morgan fingerprint density at radius 3 is 2.69 bits per heavy atom. The van der Waals surface area contributed by atoms with E-state index in [2.05, 4.69) is 19.9 Å². The van der Waals surface area contributed by atoms with E-state index < -0.39 is 0 Å². The molecule has 0 bridgehead atoms. The van der Waals surface area contributed by atoms with Gasteiger partial charge >= 0.3 is 0 Å². The standard InChI is InChI=1S/C11H8N4O/c16-11-8-10(13-6-12-8)14-9(15-11)7-4-2-1-3-5-7/h1-6H,(H2,12,13,14,15,16). The van der Waals surface area contributed by atoms with E-state index >= 15 is 0 Å². The van der Waals surface area contributed by atoms with Gasteiger partial charge in [0.05, 0.1) is 6.33 Å². The van der Waals surface area contributed by atoms with Gasteiger partial charge in [0, 0.05) is 5.56 Å². The lowest BCUT2D eigenvalue weighted by molar-refractivity contribution is 0.459. The molecule has 5 nitrogen and oxygen atoms in total. The van der Waals surface area contributed by atoms with Crippen molar-refractivity contribution in [3.8, 4) is 17.3 Å². The number of imidazole rings is 1. The average Bonchev–Trinajstić information content (AvgIpc) is 2.79. The Hall–Kier alpha value is -2.43. The summed E-state index contributed by atoms with van der Waals surface area (Å²) in [7, 11) is 0. The van der Waals surface area contributed by atoms with Crippen molar-refractivity contribution in [2.24, 2.45) is 0 Å². The van der Waals surface area contributed by atoms with Gasteiger partial charge in [0.2, 0.25) is 5.88 Å². The molecule has 0 radical (unpaired) electrons. The van der Waals surface area contributed by atoms with Crippen molar-refractivity contribution in [2.45, 2.75) is 0 Å². The number of hydrogen-bond acceptors (Lipinski definition) is 4. The number of nitrogens with one attached hydrogen (secondary N) is 1. The second-order valence-electron chi connectivity index (χ2n) is 3.34. The fraction of sp³-hybridized carbons (Fsp3) is 0. The molecule has 0 saturated carbocycles. The number of aromatic hydroxyl groups is 1. The smallest absolute Gasteiger partial charge is 0.243 e. The van der Waals surface area contributed by atoms with Crippen LogP contribution in [0.5, 0.6) is 5.88 Å². The van der Waals surface area contributed by atoms with Crippen molar-refractivity contribution in [1.82, 2.24) is 19.9 Å². The van der Waals surface area contributed by atoms with E-state index in [0.29, 0.717) is 17.0 Å². The molecule has 2 aromatic heterocycles. The van der Waals surface area contributed by atoms with Crippen molar-refractivity contribution >= 4 is 11.2 Å². The van der Waals surface area contributed by atoms with E-state index in [1.807, 2.05) is 30.3 Å². The number of hydrogen-bond donors (Lipinski definition) is 2. The predicted octanol–water partition coefficient (Wildman–Crippen LogP) is 1.73. The molecule has 0 aliphatic heterocycles. The van der Waals surface area contributed by atoms with Crippen molar-refractivity contribution in [2.75, 3.05) is 0 Å². The molecular weight excluding hydrogens is 204 g/mol. The Bertz CT molecular complexity index is 633. The summed E-state index contributed by atoms with van der Waals surface area (Å²) in [4.78, 5) is 15.1. The lowest BCUT2D eigenvalue weighted by Crippen LogP contribution is -1.90. The number of aromatic nitrogens is 4. The van der Waals surface area contributed by atoms with Crippen LogP contribution in [0.15, 0.2) is 36.7 Å². The summed E-state index contributed by atoms with van der Waals surface area (Å²) in [5, 5.41) is 9.67. The Kier molecular flexibility index (Phi) is 1.83. The minimum absolute atomic E-state index is 0.106. The molecule has 16 heavy (non-hydrogen) atoms. The van der Waals surface area contributed by atoms with Crippen LogP contribution >= 0.6 is 0 Å². The molecule has 0 spiro atoms. The summed E-state index contributed by atoms with van der Waals surface area (Å²) < 4.78 is 0. The van der Waals surface area contributed by atoms with Crippen molar-refractivity contribution in [1.29, 1.82) is 0 Å². The van der Waals surface area contributed by atoms with Crippen molar-refractivity contribution < 1.29 is 5.11 Å². The Morgan fingerprint density at radius 1 is 1.06 bits per heavy atom. The molecule has 0 atom stereocenters. The summed E-state index contributed by atoms with van der Waals surface area (Å²) in [5.41, 5.74) is 1.78. The van der Waals surface area contributed by atoms with E-state index in [9.17, 15) is 5.11 Å². The maximum atomic E-state index is 9.67. The topological polar surface area (TPSA) is 74.7 Å². The highest BCUT2D eigenvalue weighted by molar-refractivity contribution is 5.77. The summed E-state index contributed by atoms with van der Waals surface area (Å²) in [6.07, 6.45) is 1.48. The molecular formula is C11H8N4O. The van der Waals surface area contributed by atoms with Crippen LogP contribution in [0.25, 0.3) is 22.6 Å². The van der Waals surface area contributed by atoms with Gasteiger partial charge in [-0.2, -0.15) is 4.98 Å². The van der Waals surface area contributed by atoms with E-state index in [1.54, 1.807) is 0 Å². The average molecular weight is 212 g/mol. The first-order valence-corrected chi connectivity index (χ1v) is 4.80. The SMILES string of the molecule is Oc1nc(-c2ccccc2)nc2[nH]cnc12. The summed E-state index contributed by atoms with van der Waals surface area (Å²) in [6, 6.07) is 9.48. The zero-order valence-electron chi connectivity index (χ0n) is 8.25. The van der Waals surface area contributed by atoms with Crippen LogP contribution in [0, 0.1) is 0 Å². The number of fused-ring (bicyclic) bond motifs is 1. The molecule has 1 aromatic carbocycles. The van der Waals surface area contributed by atoms with Gasteiger partial charge < -0.3 is 10.1 Å². The molecule has 2 N–H and O–H groups in total. The van der Waals surface area contributed by atoms with Gasteiger partial charge in [-0.1, -0.05) is 30.3 Å². The molecule has 0 aliphatic carbocycles. The van der Waals surface area contributed by atoms with Crippen LogP contribution in [-0.2, 0) is 0 Å². The van der Waals surface area contributed by atoms with E-state index in [0.717, 1.165) is 5.56 Å². The number of benzene rings is 1. The van der Waals surface area contributed by atoms with Crippen LogP contribution in [0.4, 0.5) is 0 Å². The maximum Gasteiger partial charge on any atom is 0.243 e. The van der Waals surface area contributed by atoms with Gasteiger partial charge in [-0.3, -0.25) is 0 Å². The van der Waals surface area contributed by atoms with Gasteiger partial charge in [0.25, 0.3) is 0 Å². The molecule has 0 unspecified atom stereocenters. The van der Waals surface area contributed by atoms with Crippen LogP contribution in [0.1, 0.15) is 0 Å². The predicted molar refractivity (Wildman–Crippen MR) is 58.8 cm³/mol. The third kappa shape index (κ3) is 1.30. The molecule has 78 valence electrons. The number of aromatic amines is 1. The monoisotopic (exact) mass is 212 g/mol. The third-order valence-corrected chi connectivity index (χ3v) is 2.29. The van der Waals surface area contributed by atoms with Gasteiger partial charge in [-0.15, -0.1) is 0 Å².